The molecular formula is C11H14BrN. The molecule has 2 rings (SSSR count). The molecule has 1 aliphatic rings. The Balaban J connectivity index is 2.36. The lowest BCUT2D eigenvalue weighted by Gasteiger charge is -2.38. The molecule has 0 bridgehead atoms. The monoisotopic (exact) mass is 239 g/mol. The highest BCUT2D eigenvalue weighted by atomic mass is 79.9. The molecule has 1 fully saturated rings. The minimum absolute atomic E-state index is 0.0224. The second-order valence-corrected chi connectivity index (χ2v) is 4.83. The summed E-state index contributed by atoms with van der Waals surface area (Å²) in [4.78, 5) is 0. The van der Waals surface area contributed by atoms with Gasteiger partial charge in [-0.2, -0.15) is 0 Å². The molecular weight excluding hydrogens is 226 g/mol. The molecule has 0 radical (unpaired) electrons. The Morgan fingerprint density at radius 3 is 2.54 bits per heavy atom. The zero-order valence-corrected chi connectivity index (χ0v) is 9.39. The second kappa shape index (κ2) is 3.10. The summed E-state index contributed by atoms with van der Waals surface area (Å²) in [6.07, 6.45) is 3.54. The lowest BCUT2D eigenvalue weighted by Crippen LogP contribution is -2.43. The normalized spacial score (nSPS) is 19.6. The van der Waals surface area contributed by atoms with Crippen LogP contribution in [-0.2, 0) is 5.54 Å². The molecule has 1 nitrogen and oxygen atoms in total. The Labute approximate surface area is 87.5 Å². The van der Waals surface area contributed by atoms with Crippen LogP contribution < -0.4 is 5.73 Å². The van der Waals surface area contributed by atoms with Gasteiger partial charge in [0.25, 0.3) is 0 Å². The van der Waals surface area contributed by atoms with Crippen molar-refractivity contribution in [3.63, 3.8) is 0 Å². The lowest BCUT2D eigenvalue weighted by molar-refractivity contribution is 0.253. The molecule has 1 aromatic carbocycles. The van der Waals surface area contributed by atoms with Gasteiger partial charge in [0.2, 0.25) is 0 Å². The van der Waals surface area contributed by atoms with Crippen LogP contribution in [0.5, 0.6) is 0 Å². The largest absolute Gasteiger partial charge is 0.321 e. The van der Waals surface area contributed by atoms with E-state index in [1.807, 2.05) is 0 Å². The Morgan fingerprint density at radius 2 is 2.08 bits per heavy atom. The van der Waals surface area contributed by atoms with E-state index in [2.05, 4.69) is 41.1 Å². The summed E-state index contributed by atoms with van der Waals surface area (Å²) in [6, 6.07) is 6.43. The Bertz CT molecular complexity index is 329. The molecule has 13 heavy (non-hydrogen) atoms. The van der Waals surface area contributed by atoms with Gasteiger partial charge in [0, 0.05) is 10.0 Å². The van der Waals surface area contributed by atoms with Gasteiger partial charge in [-0.25, -0.2) is 0 Å². The summed E-state index contributed by atoms with van der Waals surface area (Å²) in [5.41, 5.74) is 8.77. The molecule has 2 heteroatoms. The molecule has 1 aromatic rings. The fourth-order valence-electron chi connectivity index (χ4n) is 1.80. The highest BCUT2D eigenvalue weighted by Gasteiger charge is 2.34. The topological polar surface area (TPSA) is 26.0 Å². The fraction of sp³-hybridized carbons (Fsp3) is 0.455. The van der Waals surface area contributed by atoms with Crippen molar-refractivity contribution in [3.05, 3.63) is 33.8 Å². The molecule has 2 N–H and O–H groups in total. The summed E-state index contributed by atoms with van der Waals surface area (Å²) in [5, 5.41) is 0. The van der Waals surface area contributed by atoms with Crippen molar-refractivity contribution >= 4 is 15.9 Å². The third-order valence-corrected chi connectivity index (χ3v) is 3.87. The standard InChI is InChI=1S/C11H14BrN/c1-8-7-9(3-4-10(8)12)11(13)5-2-6-11/h3-4,7H,2,5-6,13H2,1H3. The van der Waals surface area contributed by atoms with Crippen molar-refractivity contribution < 1.29 is 0 Å². The van der Waals surface area contributed by atoms with Gasteiger partial charge in [0.1, 0.15) is 0 Å². The Morgan fingerprint density at radius 1 is 1.38 bits per heavy atom. The SMILES string of the molecule is Cc1cc(C2(N)CCC2)ccc1Br. The molecule has 0 aromatic heterocycles. The summed E-state index contributed by atoms with van der Waals surface area (Å²) >= 11 is 3.50. The Hall–Kier alpha value is -0.340. The molecule has 0 heterocycles. The first-order valence-corrected chi connectivity index (χ1v) is 5.47. The van der Waals surface area contributed by atoms with Gasteiger partial charge in [0.05, 0.1) is 0 Å². The molecule has 70 valence electrons. The number of halogens is 1. The number of nitrogens with two attached hydrogens (primary N) is 1. The van der Waals surface area contributed by atoms with Crippen LogP contribution in [0.1, 0.15) is 30.4 Å². The van der Waals surface area contributed by atoms with Crippen molar-refractivity contribution in [2.24, 2.45) is 5.73 Å². The van der Waals surface area contributed by atoms with Crippen LogP contribution in [0.4, 0.5) is 0 Å². The molecule has 0 aliphatic heterocycles. The predicted octanol–water partition coefficient (Wildman–Crippen LogP) is 3.10. The first-order chi connectivity index (χ1) is 6.12. The first kappa shape index (κ1) is 9.22. The van der Waals surface area contributed by atoms with E-state index in [0.29, 0.717) is 0 Å². The molecule has 0 atom stereocenters. The van der Waals surface area contributed by atoms with E-state index < -0.39 is 0 Å². The van der Waals surface area contributed by atoms with E-state index in [1.54, 1.807) is 0 Å². The molecule has 1 aliphatic carbocycles. The maximum Gasteiger partial charge on any atom is 0.0409 e. The van der Waals surface area contributed by atoms with Gasteiger partial charge < -0.3 is 5.73 Å². The summed E-state index contributed by atoms with van der Waals surface area (Å²) < 4.78 is 1.17. The molecule has 0 amide bonds. The molecule has 0 spiro atoms. The number of benzene rings is 1. The van der Waals surface area contributed by atoms with Gasteiger partial charge in [-0.15, -0.1) is 0 Å². The van der Waals surface area contributed by atoms with E-state index in [4.69, 9.17) is 5.73 Å². The quantitative estimate of drug-likeness (QED) is 0.801. The van der Waals surface area contributed by atoms with E-state index in [0.717, 1.165) is 12.8 Å². The van der Waals surface area contributed by atoms with Crippen molar-refractivity contribution in [1.82, 2.24) is 0 Å². The molecule has 1 saturated carbocycles. The van der Waals surface area contributed by atoms with Gasteiger partial charge in [0.15, 0.2) is 0 Å². The maximum atomic E-state index is 6.23. The van der Waals surface area contributed by atoms with E-state index >= 15 is 0 Å². The second-order valence-electron chi connectivity index (χ2n) is 3.97. The third-order valence-electron chi connectivity index (χ3n) is 2.98. The van der Waals surface area contributed by atoms with E-state index in [9.17, 15) is 0 Å². The number of rotatable bonds is 1. The fourth-order valence-corrected chi connectivity index (χ4v) is 2.05. The van der Waals surface area contributed by atoms with Crippen LogP contribution in [0.2, 0.25) is 0 Å². The Kier molecular flexibility index (Phi) is 2.20. The zero-order chi connectivity index (χ0) is 9.47. The third kappa shape index (κ3) is 1.53. The van der Waals surface area contributed by atoms with Gasteiger partial charge in [-0.05, 0) is 43.4 Å². The zero-order valence-electron chi connectivity index (χ0n) is 7.81. The van der Waals surface area contributed by atoms with E-state index in [1.165, 1.54) is 22.0 Å². The van der Waals surface area contributed by atoms with Crippen LogP contribution in [-0.4, -0.2) is 0 Å². The number of aryl methyl sites for hydroxylation is 1. The van der Waals surface area contributed by atoms with Crippen LogP contribution in [0, 0.1) is 6.92 Å². The average Bonchev–Trinajstić information content (AvgIpc) is 2.06. The van der Waals surface area contributed by atoms with Crippen LogP contribution >= 0.6 is 15.9 Å². The van der Waals surface area contributed by atoms with Gasteiger partial charge >= 0.3 is 0 Å². The molecule has 0 unspecified atom stereocenters. The van der Waals surface area contributed by atoms with Gasteiger partial charge in [-0.3, -0.25) is 0 Å². The average molecular weight is 240 g/mol. The summed E-state index contributed by atoms with van der Waals surface area (Å²) in [7, 11) is 0. The van der Waals surface area contributed by atoms with E-state index in [-0.39, 0.29) is 5.54 Å². The number of hydrogen-bond donors (Lipinski definition) is 1. The van der Waals surface area contributed by atoms with Crippen LogP contribution in [0.25, 0.3) is 0 Å². The van der Waals surface area contributed by atoms with Crippen LogP contribution in [0.3, 0.4) is 0 Å². The highest BCUT2D eigenvalue weighted by molar-refractivity contribution is 9.10. The van der Waals surface area contributed by atoms with Crippen molar-refractivity contribution in [1.29, 1.82) is 0 Å². The summed E-state index contributed by atoms with van der Waals surface area (Å²) in [6.45, 7) is 2.11. The smallest absolute Gasteiger partial charge is 0.0409 e. The first-order valence-electron chi connectivity index (χ1n) is 4.67. The van der Waals surface area contributed by atoms with Crippen molar-refractivity contribution in [2.45, 2.75) is 31.7 Å². The van der Waals surface area contributed by atoms with Gasteiger partial charge in [-0.1, -0.05) is 28.1 Å². The predicted molar refractivity (Wildman–Crippen MR) is 58.6 cm³/mol. The minimum Gasteiger partial charge on any atom is -0.321 e. The number of hydrogen-bond acceptors (Lipinski definition) is 1. The maximum absolute atomic E-state index is 6.23. The van der Waals surface area contributed by atoms with Crippen LogP contribution in [0.15, 0.2) is 22.7 Å². The van der Waals surface area contributed by atoms with Crippen molar-refractivity contribution in [3.8, 4) is 0 Å². The van der Waals surface area contributed by atoms with Crippen molar-refractivity contribution in [2.75, 3.05) is 0 Å². The summed E-state index contributed by atoms with van der Waals surface area (Å²) in [5.74, 6) is 0. The molecule has 0 saturated heterocycles. The minimum atomic E-state index is -0.0224. The highest BCUT2D eigenvalue weighted by Crippen LogP contribution is 2.39. The lowest BCUT2D eigenvalue weighted by atomic mass is 9.72.